The first-order valence-corrected chi connectivity index (χ1v) is 9.56. The van der Waals surface area contributed by atoms with Gasteiger partial charge in [0.1, 0.15) is 11.6 Å². The quantitative estimate of drug-likeness (QED) is 0.529. The minimum Gasteiger partial charge on any atom is -0.496 e. The van der Waals surface area contributed by atoms with E-state index >= 15 is 0 Å². The first-order valence-electron chi connectivity index (χ1n) is 8.24. The Kier molecular flexibility index (Phi) is 7.39. The van der Waals surface area contributed by atoms with Gasteiger partial charge in [-0.15, -0.1) is 0 Å². The summed E-state index contributed by atoms with van der Waals surface area (Å²) in [5.41, 5.74) is 3.47. The molecule has 3 heterocycles. The number of aryl methyl sites for hydroxylation is 1. The number of hydrogen-bond donors (Lipinski definition) is 0. The molecule has 0 aliphatic rings. The van der Waals surface area contributed by atoms with Crippen molar-refractivity contribution in [2.75, 3.05) is 7.11 Å². The molecule has 9 heteroatoms. The second-order valence-corrected chi connectivity index (χ2v) is 7.55. The van der Waals surface area contributed by atoms with Crippen molar-refractivity contribution in [3.05, 3.63) is 35.2 Å². The molecule has 3 rings (SSSR count). The van der Waals surface area contributed by atoms with E-state index in [4.69, 9.17) is 9.47 Å². The van der Waals surface area contributed by atoms with E-state index in [-0.39, 0.29) is 46.6 Å². The Balaban J connectivity index is 0.00000261. The molecule has 0 spiro atoms. The van der Waals surface area contributed by atoms with Crippen LogP contribution in [-0.4, -0.2) is 32.4 Å². The van der Waals surface area contributed by atoms with Crippen molar-refractivity contribution < 1.29 is 43.2 Å². The van der Waals surface area contributed by atoms with Crippen LogP contribution in [0.5, 0.6) is 11.6 Å². The maximum atomic E-state index is 12.7. The van der Waals surface area contributed by atoms with Gasteiger partial charge in [0.2, 0.25) is 0 Å². The molecule has 0 bridgehead atoms. The minimum atomic E-state index is -1.43. The topological polar surface area (TPSA) is 88.3 Å². The van der Waals surface area contributed by atoms with E-state index < -0.39 is 10.8 Å². The predicted octanol–water partition coefficient (Wildman–Crippen LogP) is -0.294. The first-order chi connectivity index (χ1) is 12.4. The Morgan fingerprint density at radius 2 is 2.00 bits per heavy atom. The summed E-state index contributed by atoms with van der Waals surface area (Å²) < 4.78 is 23.7. The zero-order valence-corrected chi connectivity index (χ0v) is 19.3. The summed E-state index contributed by atoms with van der Waals surface area (Å²) in [6, 6.07) is 3.63. The molecule has 0 aromatic carbocycles. The Labute approximate surface area is 183 Å². The van der Waals surface area contributed by atoms with Crippen LogP contribution in [0.3, 0.4) is 0 Å². The van der Waals surface area contributed by atoms with Crippen LogP contribution in [0.2, 0.25) is 0 Å². The van der Waals surface area contributed by atoms with Gasteiger partial charge in [-0.2, -0.15) is 0 Å². The molecular formula is C18H21N4NaO3S. The summed E-state index contributed by atoms with van der Waals surface area (Å²) in [5.74, 6) is 1.46. The van der Waals surface area contributed by atoms with E-state index in [0.717, 1.165) is 11.1 Å². The fraction of sp³-hybridized carbons (Fsp3) is 0.389. The molecule has 0 aliphatic carbocycles. The Morgan fingerprint density at radius 3 is 2.67 bits per heavy atom. The van der Waals surface area contributed by atoms with Gasteiger partial charge >= 0.3 is 29.6 Å². The van der Waals surface area contributed by atoms with Crippen LogP contribution >= 0.6 is 0 Å². The van der Waals surface area contributed by atoms with Gasteiger partial charge in [-0.1, -0.05) is 0 Å². The van der Waals surface area contributed by atoms with Crippen molar-refractivity contribution >= 4 is 22.0 Å². The molecule has 138 valence electrons. The normalized spacial score (nSPS) is 12.1. The zero-order valence-electron chi connectivity index (χ0n) is 16.4. The van der Waals surface area contributed by atoms with E-state index in [2.05, 4.69) is 19.9 Å². The monoisotopic (exact) mass is 396 g/mol. The summed E-state index contributed by atoms with van der Waals surface area (Å²) in [4.78, 5) is 17.4. The molecule has 0 radical (unpaired) electrons. The van der Waals surface area contributed by atoms with Crippen molar-refractivity contribution in [2.24, 2.45) is 0 Å². The number of imidazole rings is 1. The molecule has 0 N–H and O–H groups in total. The molecular weight excluding hydrogens is 375 g/mol. The second kappa shape index (κ2) is 9.14. The predicted molar refractivity (Wildman–Crippen MR) is 99.0 cm³/mol. The van der Waals surface area contributed by atoms with Crippen molar-refractivity contribution in [3.8, 4) is 11.6 Å². The van der Waals surface area contributed by atoms with Crippen LogP contribution in [0.25, 0.3) is 11.2 Å². The molecule has 0 amide bonds. The van der Waals surface area contributed by atoms with Crippen molar-refractivity contribution in [3.63, 3.8) is 0 Å². The molecule has 0 aliphatic heterocycles. The summed E-state index contributed by atoms with van der Waals surface area (Å²) in [6.45, 7) is 7.66. The van der Waals surface area contributed by atoms with Crippen molar-refractivity contribution in [1.29, 1.82) is 0 Å². The number of ether oxygens (including phenoxy) is 2. The van der Waals surface area contributed by atoms with Crippen LogP contribution in [-0.2, 0) is 16.6 Å². The SMILES string of the molecule is COc1ccnc(CS(=O)c2nc3cc(C)c(OC(C)C)nc3[n-]2)c1C.[Na+]. The van der Waals surface area contributed by atoms with Gasteiger partial charge in [0.05, 0.1) is 40.6 Å². The van der Waals surface area contributed by atoms with Crippen molar-refractivity contribution in [2.45, 2.75) is 44.7 Å². The van der Waals surface area contributed by atoms with E-state index in [1.54, 1.807) is 19.4 Å². The Hall–Kier alpha value is -1.48. The average molecular weight is 396 g/mol. The van der Waals surface area contributed by atoms with Gasteiger partial charge in [0.25, 0.3) is 0 Å². The first kappa shape index (κ1) is 21.8. The minimum absolute atomic E-state index is 0. The third-order valence-corrected chi connectivity index (χ3v) is 4.97. The molecule has 7 nitrogen and oxygen atoms in total. The Bertz CT molecular complexity index is 975. The molecule has 0 fully saturated rings. The van der Waals surface area contributed by atoms with E-state index in [0.29, 0.717) is 28.5 Å². The number of pyridine rings is 2. The zero-order chi connectivity index (χ0) is 18.8. The number of aromatic nitrogens is 4. The molecule has 27 heavy (non-hydrogen) atoms. The fourth-order valence-corrected chi connectivity index (χ4v) is 3.57. The third-order valence-electron chi connectivity index (χ3n) is 3.84. The van der Waals surface area contributed by atoms with Crippen LogP contribution in [0.15, 0.2) is 23.5 Å². The number of methoxy groups -OCH3 is 1. The summed E-state index contributed by atoms with van der Waals surface area (Å²) in [5, 5.41) is 0.248. The molecule has 3 aromatic heterocycles. The van der Waals surface area contributed by atoms with Crippen LogP contribution in [0.4, 0.5) is 0 Å². The van der Waals surface area contributed by atoms with Gasteiger partial charge in [-0.05, 0) is 45.4 Å². The molecule has 1 atom stereocenters. The smallest absolute Gasteiger partial charge is 0.496 e. The standard InChI is InChI=1S/C18H21N4O3S.Na/c1-10(2)25-17-11(3)8-13-16(21-17)22-18(20-13)26(23)9-14-12(4)15(24-5)6-7-19-14;/h6-8,10H,9H2,1-5H3;/q-1;+1. The molecule has 0 saturated carbocycles. The van der Waals surface area contributed by atoms with Gasteiger partial charge in [-0.25, -0.2) is 0 Å². The molecule has 3 aromatic rings. The average Bonchev–Trinajstić information content (AvgIpc) is 2.99. The van der Waals surface area contributed by atoms with Crippen LogP contribution in [0.1, 0.15) is 30.7 Å². The van der Waals surface area contributed by atoms with Crippen LogP contribution in [0, 0.1) is 13.8 Å². The number of hydrogen-bond acceptors (Lipinski definition) is 6. The largest absolute Gasteiger partial charge is 1.00 e. The summed E-state index contributed by atoms with van der Waals surface area (Å²) in [7, 11) is 0.166. The van der Waals surface area contributed by atoms with Gasteiger partial charge in [-0.3, -0.25) is 9.19 Å². The maximum Gasteiger partial charge on any atom is 1.00 e. The van der Waals surface area contributed by atoms with Gasteiger partial charge < -0.3 is 24.4 Å². The number of rotatable bonds is 6. The van der Waals surface area contributed by atoms with Gasteiger partial charge in [0, 0.05) is 22.9 Å². The van der Waals surface area contributed by atoms with E-state index in [1.807, 2.05) is 33.8 Å². The van der Waals surface area contributed by atoms with E-state index in [1.165, 1.54) is 0 Å². The number of nitrogens with zero attached hydrogens (tertiary/aromatic N) is 4. The maximum absolute atomic E-state index is 12.7. The number of fused-ring (bicyclic) bond motifs is 1. The molecule has 0 saturated heterocycles. The van der Waals surface area contributed by atoms with E-state index in [9.17, 15) is 4.21 Å². The molecule has 1 unspecified atom stereocenters. The second-order valence-electron chi connectivity index (χ2n) is 6.20. The van der Waals surface area contributed by atoms with Crippen molar-refractivity contribution in [1.82, 2.24) is 19.9 Å². The third kappa shape index (κ3) is 4.87. The van der Waals surface area contributed by atoms with Gasteiger partial charge in [0.15, 0.2) is 0 Å². The Morgan fingerprint density at radius 1 is 1.26 bits per heavy atom. The van der Waals surface area contributed by atoms with Crippen LogP contribution < -0.4 is 44.0 Å². The summed E-state index contributed by atoms with van der Waals surface area (Å²) in [6.07, 6.45) is 1.65. The summed E-state index contributed by atoms with van der Waals surface area (Å²) >= 11 is 0. The fourth-order valence-electron chi connectivity index (χ4n) is 2.51.